The van der Waals surface area contributed by atoms with Gasteiger partial charge in [-0.3, -0.25) is 4.90 Å². The Morgan fingerprint density at radius 1 is 1.50 bits per heavy atom. The van der Waals surface area contributed by atoms with E-state index in [1.807, 2.05) is 0 Å². The van der Waals surface area contributed by atoms with Crippen LogP contribution in [0.25, 0.3) is 0 Å². The summed E-state index contributed by atoms with van der Waals surface area (Å²) in [6.45, 7) is 2.48. The number of carbonyl (C=O) groups excluding carboxylic acids is 1. The van der Waals surface area contributed by atoms with Gasteiger partial charge in [-0.05, 0) is 19.4 Å². The molecule has 0 bridgehead atoms. The second kappa shape index (κ2) is 4.28. The number of rotatable bonds is 1. The van der Waals surface area contributed by atoms with Crippen molar-refractivity contribution in [2.24, 2.45) is 0 Å². The van der Waals surface area contributed by atoms with Crippen molar-refractivity contribution in [2.75, 3.05) is 26.8 Å². The Bertz CT molecular complexity index is 219. The molecular weight excluding hydrogens is 182 g/mol. The van der Waals surface area contributed by atoms with Gasteiger partial charge in [0.25, 0.3) is 0 Å². The SMILES string of the molecule is COC(=O)[C@H]1CN2CCCC[C@H]2CO1. The van der Waals surface area contributed by atoms with E-state index in [2.05, 4.69) is 9.64 Å². The quantitative estimate of drug-likeness (QED) is 0.573. The van der Waals surface area contributed by atoms with Gasteiger partial charge in [-0.15, -0.1) is 0 Å². The van der Waals surface area contributed by atoms with Crippen molar-refractivity contribution in [1.29, 1.82) is 0 Å². The van der Waals surface area contributed by atoms with Crippen LogP contribution in [0.4, 0.5) is 0 Å². The summed E-state index contributed by atoms with van der Waals surface area (Å²) in [4.78, 5) is 13.6. The molecule has 0 amide bonds. The number of methoxy groups -OCH3 is 1. The van der Waals surface area contributed by atoms with Crippen LogP contribution >= 0.6 is 0 Å². The summed E-state index contributed by atoms with van der Waals surface area (Å²) in [5, 5.41) is 0. The van der Waals surface area contributed by atoms with Crippen LogP contribution in [0.2, 0.25) is 0 Å². The lowest BCUT2D eigenvalue weighted by atomic mass is 10.0. The fourth-order valence-corrected chi connectivity index (χ4v) is 2.26. The highest BCUT2D eigenvalue weighted by atomic mass is 16.6. The van der Waals surface area contributed by atoms with E-state index in [0.29, 0.717) is 19.2 Å². The van der Waals surface area contributed by atoms with Crippen LogP contribution in [-0.4, -0.2) is 49.8 Å². The molecule has 4 heteroatoms. The van der Waals surface area contributed by atoms with Crippen LogP contribution in [-0.2, 0) is 14.3 Å². The number of esters is 1. The molecule has 2 aliphatic heterocycles. The van der Waals surface area contributed by atoms with Gasteiger partial charge in [-0.25, -0.2) is 4.79 Å². The number of piperidine rings is 1. The molecule has 2 heterocycles. The first-order valence-corrected chi connectivity index (χ1v) is 5.24. The largest absolute Gasteiger partial charge is 0.467 e. The maximum Gasteiger partial charge on any atom is 0.336 e. The van der Waals surface area contributed by atoms with Crippen LogP contribution in [0.15, 0.2) is 0 Å². The topological polar surface area (TPSA) is 38.8 Å². The van der Waals surface area contributed by atoms with Crippen molar-refractivity contribution in [2.45, 2.75) is 31.4 Å². The molecule has 2 saturated heterocycles. The summed E-state index contributed by atoms with van der Waals surface area (Å²) < 4.78 is 10.2. The molecule has 0 unspecified atom stereocenters. The van der Waals surface area contributed by atoms with Crippen molar-refractivity contribution in [1.82, 2.24) is 4.90 Å². The molecule has 0 aromatic rings. The average Bonchev–Trinajstić information content (AvgIpc) is 2.27. The van der Waals surface area contributed by atoms with Crippen molar-refractivity contribution in [3.63, 3.8) is 0 Å². The number of carbonyl (C=O) groups is 1. The van der Waals surface area contributed by atoms with E-state index in [-0.39, 0.29) is 12.1 Å². The summed E-state index contributed by atoms with van der Waals surface area (Å²) in [5.74, 6) is -0.242. The summed E-state index contributed by atoms with van der Waals surface area (Å²) in [6, 6.07) is 0.532. The molecule has 0 aromatic carbocycles. The van der Waals surface area contributed by atoms with Crippen molar-refractivity contribution < 1.29 is 14.3 Å². The van der Waals surface area contributed by atoms with Crippen LogP contribution < -0.4 is 0 Å². The monoisotopic (exact) mass is 199 g/mol. The molecule has 0 saturated carbocycles. The molecule has 2 aliphatic rings. The Hall–Kier alpha value is -0.610. The maximum absolute atomic E-state index is 11.3. The highest BCUT2D eigenvalue weighted by Crippen LogP contribution is 2.22. The van der Waals surface area contributed by atoms with E-state index >= 15 is 0 Å². The maximum atomic E-state index is 11.3. The number of morpholine rings is 1. The number of hydrogen-bond donors (Lipinski definition) is 0. The predicted molar refractivity (Wildman–Crippen MR) is 51.0 cm³/mol. The molecule has 0 aliphatic carbocycles. The van der Waals surface area contributed by atoms with Crippen LogP contribution in [0.1, 0.15) is 19.3 Å². The number of fused-ring (bicyclic) bond motifs is 1. The molecule has 0 aromatic heterocycles. The van der Waals surface area contributed by atoms with E-state index in [1.165, 1.54) is 26.4 Å². The van der Waals surface area contributed by atoms with Gasteiger partial charge in [0, 0.05) is 12.6 Å². The summed E-state index contributed by atoms with van der Waals surface area (Å²) in [6.07, 6.45) is 3.36. The van der Waals surface area contributed by atoms with Gasteiger partial charge in [0.15, 0.2) is 6.10 Å². The third kappa shape index (κ3) is 1.91. The average molecular weight is 199 g/mol. The van der Waals surface area contributed by atoms with E-state index in [0.717, 1.165) is 6.54 Å². The van der Waals surface area contributed by atoms with Gasteiger partial charge in [0.05, 0.1) is 13.7 Å². The normalized spacial score (nSPS) is 33.5. The highest BCUT2D eigenvalue weighted by molar-refractivity contribution is 5.74. The summed E-state index contributed by atoms with van der Waals surface area (Å²) in [5.41, 5.74) is 0. The zero-order chi connectivity index (χ0) is 9.97. The molecule has 80 valence electrons. The predicted octanol–water partition coefficient (Wildman–Crippen LogP) is 0.413. The molecule has 0 radical (unpaired) electrons. The number of ether oxygens (including phenoxy) is 2. The van der Waals surface area contributed by atoms with Gasteiger partial charge in [0.2, 0.25) is 0 Å². The third-order valence-electron chi connectivity index (χ3n) is 3.10. The Balaban J connectivity index is 1.92. The van der Waals surface area contributed by atoms with Gasteiger partial charge >= 0.3 is 5.97 Å². The molecule has 2 rings (SSSR count). The first-order chi connectivity index (χ1) is 6.81. The Morgan fingerprint density at radius 2 is 2.36 bits per heavy atom. The van der Waals surface area contributed by atoms with E-state index in [9.17, 15) is 4.79 Å². The molecule has 2 atom stereocenters. The zero-order valence-electron chi connectivity index (χ0n) is 8.57. The standard InChI is InChI=1S/C10H17NO3/c1-13-10(12)9-6-11-5-3-2-4-8(11)7-14-9/h8-9H,2-7H2,1H3/t8-,9+/m0/s1. The second-order valence-electron chi connectivity index (χ2n) is 3.99. The van der Waals surface area contributed by atoms with E-state index in [4.69, 9.17) is 4.74 Å². The third-order valence-corrected chi connectivity index (χ3v) is 3.10. The van der Waals surface area contributed by atoms with Crippen molar-refractivity contribution >= 4 is 5.97 Å². The lowest BCUT2D eigenvalue weighted by Gasteiger charge is -2.41. The van der Waals surface area contributed by atoms with Crippen LogP contribution in [0, 0.1) is 0 Å². The highest BCUT2D eigenvalue weighted by Gasteiger charge is 2.34. The molecule has 14 heavy (non-hydrogen) atoms. The fourth-order valence-electron chi connectivity index (χ4n) is 2.26. The van der Waals surface area contributed by atoms with Crippen LogP contribution in [0.3, 0.4) is 0 Å². The zero-order valence-corrected chi connectivity index (χ0v) is 8.57. The fraction of sp³-hybridized carbons (Fsp3) is 0.900. The summed E-state index contributed by atoms with van der Waals surface area (Å²) >= 11 is 0. The minimum atomic E-state index is -0.366. The second-order valence-corrected chi connectivity index (χ2v) is 3.99. The molecule has 2 fully saturated rings. The van der Waals surface area contributed by atoms with Crippen molar-refractivity contribution in [3.05, 3.63) is 0 Å². The summed E-state index contributed by atoms with van der Waals surface area (Å²) in [7, 11) is 1.41. The molecular formula is C10H17NO3. The lowest BCUT2D eigenvalue weighted by molar-refractivity contribution is -0.164. The minimum absolute atomic E-state index is 0.242. The van der Waals surface area contributed by atoms with Gasteiger partial charge in [-0.2, -0.15) is 0 Å². The number of nitrogens with zero attached hydrogens (tertiary/aromatic N) is 1. The first-order valence-electron chi connectivity index (χ1n) is 5.24. The lowest BCUT2D eigenvalue weighted by Crippen LogP contribution is -2.53. The Kier molecular flexibility index (Phi) is 3.03. The smallest absolute Gasteiger partial charge is 0.336 e. The number of hydrogen-bond acceptors (Lipinski definition) is 4. The van der Waals surface area contributed by atoms with Crippen molar-refractivity contribution in [3.8, 4) is 0 Å². The molecule has 0 N–H and O–H groups in total. The Morgan fingerprint density at radius 3 is 3.14 bits per heavy atom. The van der Waals surface area contributed by atoms with Gasteiger partial charge in [-0.1, -0.05) is 6.42 Å². The molecule has 4 nitrogen and oxygen atoms in total. The molecule has 0 spiro atoms. The van der Waals surface area contributed by atoms with Crippen LogP contribution in [0.5, 0.6) is 0 Å². The minimum Gasteiger partial charge on any atom is -0.467 e. The van der Waals surface area contributed by atoms with Gasteiger partial charge < -0.3 is 9.47 Å². The van der Waals surface area contributed by atoms with E-state index < -0.39 is 0 Å². The first kappa shape index (κ1) is 9.93. The van der Waals surface area contributed by atoms with Gasteiger partial charge in [0.1, 0.15) is 0 Å². The Labute approximate surface area is 84.2 Å². The van der Waals surface area contributed by atoms with E-state index in [1.54, 1.807) is 0 Å².